The Labute approximate surface area is 207 Å². The molecule has 176 valence electrons. The first-order valence-corrected chi connectivity index (χ1v) is 12.8. The Morgan fingerprint density at radius 2 is 1.41 bits per heavy atom. The van der Waals surface area contributed by atoms with Gasteiger partial charge in [-0.15, -0.1) is 0 Å². The molecule has 1 N–H and O–H groups in total. The molecule has 34 heavy (non-hydrogen) atoms. The van der Waals surface area contributed by atoms with Crippen LogP contribution in [-0.4, -0.2) is 45.0 Å². The number of aromatic nitrogens is 2. The highest BCUT2D eigenvalue weighted by Crippen LogP contribution is 2.28. The van der Waals surface area contributed by atoms with E-state index in [1.54, 1.807) is 0 Å². The zero-order chi connectivity index (χ0) is 23.3. The number of hydrogen-bond acceptors (Lipinski definition) is 3. The van der Waals surface area contributed by atoms with Crippen molar-refractivity contribution in [2.24, 2.45) is 0 Å². The van der Waals surface area contributed by atoms with Crippen LogP contribution >= 0.6 is 12.2 Å². The monoisotopic (exact) mass is 470 g/mol. The Kier molecular flexibility index (Phi) is 7.24. The van der Waals surface area contributed by atoms with Crippen molar-refractivity contribution >= 4 is 23.3 Å². The lowest BCUT2D eigenvalue weighted by Crippen LogP contribution is -2.44. The lowest BCUT2D eigenvalue weighted by molar-refractivity contribution is 0.111. The van der Waals surface area contributed by atoms with E-state index in [2.05, 4.69) is 111 Å². The summed E-state index contributed by atoms with van der Waals surface area (Å²) in [7, 11) is 0. The number of benzene rings is 3. The minimum Gasteiger partial charge on any atom is -0.331 e. The third-order valence-electron chi connectivity index (χ3n) is 7.15. The average molecular weight is 471 g/mol. The van der Waals surface area contributed by atoms with Crippen molar-refractivity contribution in [3.63, 3.8) is 0 Å². The molecule has 5 rings (SSSR count). The van der Waals surface area contributed by atoms with E-state index in [1.807, 2.05) is 0 Å². The molecule has 0 unspecified atom stereocenters. The van der Waals surface area contributed by atoms with Gasteiger partial charge in [-0.2, -0.15) is 0 Å². The molecule has 1 saturated heterocycles. The van der Waals surface area contributed by atoms with E-state index in [4.69, 9.17) is 12.2 Å². The first kappa shape index (κ1) is 23.0. The van der Waals surface area contributed by atoms with Crippen LogP contribution in [0.2, 0.25) is 0 Å². The van der Waals surface area contributed by atoms with Crippen LogP contribution in [-0.2, 0) is 13.1 Å². The molecule has 1 aromatic heterocycles. The maximum Gasteiger partial charge on any atom is 0.178 e. The minimum absolute atomic E-state index is 0.465. The Morgan fingerprint density at radius 1 is 0.853 bits per heavy atom. The maximum atomic E-state index is 5.68. The molecular formula is C29H34N4S. The van der Waals surface area contributed by atoms with Crippen LogP contribution in [0.25, 0.3) is 11.0 Å². The standard InChI is InChI=1S/C29H34N4S/c1-23(32(21-24-10-4-2-5-11-24)22-25-12-6-3-7-13-25)20-31-18-16-26(17-19-31)33-28-15-9-8-14-27(28)30-29(33)34/h2-15,23,26H,16-22H2,1H3,(H,30,34)/t23-/m0/s1. The molecule has 0 amide bonds. The molecule has 0 spiro atoms. The summed E-state index contributed by atoms with van der Waals surface area (Å²) in [5.41, 5.74) is 5.12. The van der Waals surface area contributed by atoms with Gasteiger partial charge in [-0.1, -0.05) is 72.8 Å². The molecule has 1 atom stereocenters. The van der Waals surface area contributed by atoms with Gasteiger partial charge in [0.05, 0.1) is 11.0 Å². The minimum atomic E-state index is 0.465. The van der Waals surface area contributed by atoms with Gasteiger partial charge in [0.15, 0.2) is 4.77 Å². The molecule has 0 radical (unpaired) electrons. The van der Waals surface area contributed by atoms with E-state index < -0.39 is 0 Å². The topological polar surface area (TPSA) is 27.2 Å². The second kappa shape index (κ2) is 10.7. The van der Waals surface area contributed by atoms with Gasteiger partial charge in [0, 0.05) is 44.8 Å². The quantitative estimate of drug-likeness (QED) is 0.301. The number of piperidine rings is 1. The van der Waals surface area contributed by atoms with Crippen LogP contribution in [0.15, 0.2) is 84.9 Å². The molecule has 3 aromatic carbocycles. The van der Waals surface area contributed by atoms with Gasteiger partial charge in [0.1, 0.15) is 0 Å². The zero-order valence-electron chi connectivity index (χ0n) is 19.9. The number of nitrogens with zero attached hydrogens (tertiary/aromatic N) is 3. The largest absolute Gasteiger partial charge is 0.331 e. The Balaban J connectivity index is 1.24. The van der Waals surface area contributed by atoms with Crippen molar-refractivity contribution in [1.82, 2.24) is 19.4 Å². The van der Waals surface area contributed by atoms with Crippen molar-refractivity contribution in [3.05, 3.63) is 101 Å². The molecule has 2 heterocycles. The van der Waals surface area contributed by atoms with Gasteiger partial charge in [0.25, 0.3) is 0 Å². The number of H-pyrrole nitrogens is 1. The van der Waals surface area contributed by atoms with E-state index in [9.17, 15) is 0 Å². The number of hydrogen-bond donors (Lipinski definition) is 1. The van der Waals surface area contributed by atoms with Crippen LogP contribution in [0, 0.1) is 4.77 Å². The van der Waals surface area contributed by atoms with E-state index in [0.29, 0.717) is 12.1 Å². The van der Waals surface area contributed by atoms with Gasteiger partial charge in [-0.05, 0) is 55.2 Å². The number of aromatic amines is 1. The van der Waals surface area contributed by atoms with E-state index >= 15 is 0 Å². The number of likely N-dealkylation sites (tertiary alicyclic amines) is 1. The second-order valence-electron chi connectivity index (χ2n) is 9.57. The van der Waals surface area contributed by atoms with E-state index in [-0.39, 0.29) is 0 Å². The SMILES string of the molecule is C[C@@H](CN1CCC(n2c(=S)[nH]c3ccccc32)CC1)N(Cc1ccccc1)Cc1ccccc1. The molecule has 0 aliphatic carbocycles. The van der Waals surface area contributed by atoms with Crippen molar-refractivity contribution < 1.29 is 0 Å². The van der Waals surface area contributed by atoms with Crippen molar-refractivity contribution in [2.75, 3.05) is 19.6 Å². The van der Waals surface area contributed by atoms with Gasteiger partial charge in [-0.3, -0.25) is 4.90 Å². The van der Waals surface area contributed by atoms with Gasteiger partial charge in [0.2, 0.25) is 0 Å². The molecule has 1 fully saturated rings. The smallest absolute Gasteiger partial charge is 0.178 e. The van der Waals surface area contributed by atoms with Crippen LogP contribution in [0.5, 0.6) is 0 Å². The number of para-hydroxylation sites is 2. The number of nitrogens with one attached hydrogen (secondary N) is 1. The summed E-state index contributed by atoms with van der Waals surface area (Å²) in [6.07, 6.45) is 2.28. The predicted octanol–water partition coefficient (Wildman–Crippen LogP) is 6.43. The van der Waals surface area contributed by atoms with Gasteiger partial charge in [-0.25, -0.2) is 0 Å². The number of fused-ring (bicyclic) bond motifs is 1. The van der Waals surface area contributed by atoms with Crippen LogP contribution in [0.1, 0.15) is 36.9 Å². The summed E-state index contributed by atoms with van der Waals surface area (Å²) in [6.45, 7) is 7.64. The molecule has 0 bridgehead atoms. The molecular weight excluding hydrogens is 436 g/mol. The molecule has 4 nitrogen and oxygen atoms in total. The summed E-state index contributed by atoms with van der Waals surface area (Å²) >= 11 is 5.68. The molecule has 4 aromatic rings. The van der Waals surface area contributed by atoms with Crippen molar-refractivity contribution in [3.8, 4) is 0 Å². The Morgan fingerprint density at radius 3 is 2.03 bits per heavy atom. The van der Waals surface area contributed by atoms with Crippen LogP contribution in [0.3, 0.4) is 0 Å². The normalized spacial score (nSPS) is 16.3. The van der Waals surface area contributed by atoms with Gasteiger partial charge >= 0.3 is 0 Å². The predicted molar refractivity (Wildman–Crippen MR) is 143 cm³/mol. The zero-order valence-corrected chi connectivity index (χ0v) is 20.8. The fourth-order valence-electron chi connectivity index (χ4n) is 5.29. The van der Waals surface area contributed by atoms with E-state index in [0.717, 1.165) is 55.9 Å². The molecule has 1 aliphatic heterocycles. The average Bonchev–Trinajstić information content (AvgIpc) is 3.21. The Bertz CT molecular complexity index is 1200. The third-order valence-corrected chi connectivity index (χ3v) is 7.45. The summed E-state index contributed by atoms with van der Waals surface area (Å²) in [4.78, 5) is 8.65. The summed E-state index contributed by atoms with van der Waals surface area (Å²) in [5.74, 6) is 0. The lowest BCUT2D eigenvalue weighted by atomic mass is 10.0. The lowest BCUT2D eigenvalue weighted by Gasteiger charge is -2.37. The molecule has 0 saturated carbocycles. The van der Waals surface area contributed by atoms with Crippen LogP contribution < -0.4 is 0 Å². The van der Waals surface area contributed by atoms with Gasteiger partial charge < -0.3 is 14.5 Å². The fourth-order valence-corrected chi connectivity index (χ4v) is 5.65. The van der Waals surface area contributed by atoms with Crippen molar-refractivity contribution in [1.29, 1.82) is 0 Å². The summed E-state index contributed by atoms with van der Waals surface area (Å²) in [5, 5.41) is 0. The highest BCUT2D eigenvalue weighted by atomic mass is 32.1. The first-order chi connectivity index (χ1) is 16.7. The van der Waals surface area contributed by atoms with Crippen LogP contribution in [0.4, 0.5) is 0 Å². The first-order valence-electron chi connectivity index (χ1n) is 12.4. The second-order valence-corrected chi connectivity index (χ2v) is 9.96. The highest BCUT2D eigenvalue weighted by Gasteiger charge is 2.25. The number of rotatable bonds is 8. The van der Waals surface area contributed by atoms with E-state index in [1.165, 1.54) is 16.6 Å². The molecule has 1 aliphatic rings. The highest BCUT2D eigenvalue weighted by molar-refractivity contribution is 7.71. The molecule has 5 heteroatoms. The summed E-state index contributed by atoms with van der Waals surface area (Å²) < 4.78 is 3.20. The summed E-state index contributed by atoms with van der Waals surface area (Å²) in [6, 6.07) is 31.1. The third kappa shape index (κ3) is 5.33. The fraction of sp³-hybridized carbons (Fsp3) is 0.345. The maximum absolute atomic E-state index is 5.68. The number of imidazole rings is 1. The van der Waals surface area contributed by atoms with Crippen molar-refractivity contribution in [2.45, 2.75) is 44.9 Å². The Hall–Kier alpha value is -2.73.